The molecule has 1 N–H and O–H groups in total. The van der Waals surface area contributed by atoms with Gasteiger partial charge in [0.25, 0.3) is 0 Å². The van der Waals surface area contributed by atoms with E-state index < -0.39 is 0 Å². The second-order valence-electron chi connectivity index (χ2n) is 6.57. The van der Waals surface area contributed by atoms with E-state index in [2.05, 4.69) is 47.7 Å². The van der Waals surface area contributed by atoms with Crippen molar-refractivity contribution in [1.82, 2.24) is 19.8 Å². The average Bonchev–Trinajstić information content (AvgIpc) is 2.96. The lowest BCUT2D eigenvalue weighted by Crippen LogP contribution is -2.33. The summed E-state index contributed by atoms with van der Waals surface area (Å²) in [6.45, 7) is 7.67. The van der Waals surface area contributed by atoms with E-state index in [4.69, 9.17) is 0 Å². The van der Waals surface area contributed by atoms with E-state index in [9.17, 15) is 0 Å². The van der Waals surface area contributed by atoms with Crippen LogP contribution in [0.5, 0.6) is 0 Å². The van der Waals surface area contributed by atoms with Crippen LogP contribution in [-0.4, -0.2) is 41.1 Å². The van der Waals surface area contributed by atoms with E-state index in [0.29, 0.717) is 0 Å². The first-order chi connectivity index (χ1) is 8.46. The van der Waals surface area contributed by atoms with Gasteiger partial charge in [-0.15, -0.1) is 0 Å². The molecule has 1 aliphatic carbocycles. The molecule has 0 atom stereocenters. The third kappa shape index (κ3) is 4.10. The number of nitrogens with zero attached hydrogens (tertiary/aromatic N) is 3. The van der Waals surface area contributed by atoms with Gasteiger partial charge in [0, 0.05) is 31.9 Å². The van der Waals surface area contributed by atoms with Crippen LogP contribution in [0.4, 0.5) is 0 Å². The fourth-order valence-electron chi connectivity index (χ4n) is 2.54. The summed E-state index contributed by atoms with van der Waals surface area (Å²) in [6, 6.07) is 0.753. The van der Waals surface area contributed by atoms with Crippen molar-refractivity contribution in [3.8, 4) is 0 Å². The highest BCUT2D eigenvalue weighted by atomic mass is 15.1. The van der Waals surface area contributed by atoms with Crippen molar-refractivity contribution in [2.45, 2.75) is 45.8 Å². The molecular weight excluding hydrogens is 224 g/mol. The van der Waals surface area contributed by atoms with Gasteiger partial charge >= 0.3 is 0 Å². The van der Waals surface area contributed by atoms with E-state index in [-0.39, 0.29) is 5.41 Å². The summed E-state index contributed by atoms with van der Waals surface area (Å²) in [4.78, 5) is 6.54. The quantitative estimate of drug-likeness (QED) is 0.800. The van der Waals surface area contributed by atoms with Crippen LogP contribution in [-0.2, 0) is 13.1 Å². The van der Waals surface area contributed by atoms with Crippen LogP contribution >= 0.6 is 0 Å². The molecular formula is C14H26N4. The van der Waals surface area contributed by atoms with Gasteiger partial charge in [-0.05, 0) is 32.4 Å². The third-order valence-electron chi connectivity index (χ3n) is 3.29. The van der Waals surface area contributed by atoms with E-state index in [1.807, 2.05) is 12.5 Å². The van der Waals surface area contributed by atoms with Crippen LogP contribution in [0.2, 0.25) is 0 Å². The number of nitrogens with one attached hydrogen (secondary N) is 1. The van der Waals surface area contributed by atoms with Crippen LogP contribution in [0.25, 0.3) is 0 Å². The molecule has 4 heteroatoms. The molecule has 4 nitrogen and oxygen atoms in total. The molecule has 1 aromatic rings. The fraction of sp³-hybridized carbons (Fsp3) is 0.786. The van der Waals surface area contributed by atoms with Crippen molar-refractivity contribution in [3.63, 3.8) is 0 Å². The lowest BCUT2D eigenvalue weighted by Gasteiger charge is -2.29. The molecule has 0 bridgehead atoms. The lowest BCUT2D eigenvalue weighted by atomic mass is 9.93. The van der Waals surface area contributed by atoms with Crippen molar-refractivity contribution in [2.75, 3.05) is 20.6 Å². The van der Waals surface area contributed by atoms with Gasteiger partial charge in [-0.1, -0.05) is 13.8 Å². The van der Waals surface area contributed by atoms with E-state index in [0.717, 1.165) is 25.7 Å². The summed E-state index contributed by atoms with van der Waals surface area (Å²) in [5.41, 5.74) is 1.56. The van der Waals surface area contributed by atoms with Crippen LogP contribution in [0, 0.1) is 5.41 Å². The topological polar surface area (TPSA) is 33.1 Å². The molecule has 1 heterocycles. The molecule has 0 amide bonds. The second kappa shape index (κ2) is 5.41. The van der Waals surface area contributed by atoms with E-state index in [1.165, 1.54) is 18.5 Å². The van der Waals surface area contributed by atoms with Gasteiger partial charge in [0.15, 0.2) is 0 Å². The first-order valence-electron chi connectivity index (χ1n) is 6.83. The smallest absolute Gasteiger partial charge is 0.0948 e. The normalized spacial score (nSPS) is 16.5. The molecule has 102 valence electrons. The van der Waals surface area contributed by atoms with Crippen LogP contribution in [0.1, 0.15) is 32.4 Å². The molecule has 1 fully saturated rings. The summed E-state index contributed by atoms with van der Waals surface area (Å²) in [7, 11) is 4.26. The maximum absolute atomic E-state index is 4.29. The van der Waals surface area contributed by atoms with Crippen LogP contribution in [0.3, 0.4) is 0 Å². The summed E-state index contributed by atoms with van der Waals surface area (Å²) in [6.07, 6.45) is 6.61. The molecule has 0 aliphatic heterocycles. The predicted octanol–water partition coefficient (Wildman–Crippen LogP) is 1.72. The van der Waals surface area contributed by atoms with Crippen molar-refractivity contribution < 1.29 is 0 Å². The summed E-state index contributed by atoms with van der Waals surface area (Å²) < 4.78 is 2.29. The predicted molar refractivity (Wildman–Crippen MR) is 74.4 cm³/mol. The summed E-state index contributed by atoms with van der Waals surface area (Å²) >= 11 is 0. The van der Waals surface area contributed by atoms with Crippen molar-refractivity contribution >= 4 is 0 Å². The molecule has 0 saturated heterocycles. The Morgan fingerprint density at radius 3 is 2.78 bits per heavy atom. The summed E-state index contributed by atoms with van der Waals surface area (Å²) in [5.74, 6) is 0. The minimum absolute atomic E-state index is 0.262. The molecule has 1 aromatic heterocycles. The Balaban J connectivity index is 1.92. The monoisotopic (exact) mass is 250 g/mol. The largest absolute Gasteiger partial charge is 0.333 e. The van der Waals surface area contributed by atoms with Gasteiger partial charge in [-0.3, -0.25) is 0 Å². The number of hydrogen-bond acceptors (Lipinski definition) is 3. The standard InChI is InChI=1S/C14H26N4/c1-14(2,9-17(3)4)10-18-11-15-7-13(18)8-16-12-5-6-12/h7,11-12,16H,5-6,8-10H2,1-4H3. The Kier molecular flexibility index (Phi) is 4.07. The first-order valence-corrected chi connectivity index (χ1v) is 6.83. The van der Waals surface area contributed by atoms with E-state index >= 15 is 0 Å². The highest BCUT2D eigenvalue weighted by Gasteiger charge is 2.23. The van der Waals surface area contributed by atoms with Crippen LogP contribution < -0.4 is 5.32 Å². The van der Waals surface area contributed by atoms with Gasteiger partial charge in [-0.25, -0.2) is 4.98 Å². The third-order valence-corrected chi connectivity index (χ3v) is 3.29. The van der Waals surface area contributed by atoms with Gasteiger partial charge in [0.05, 0.1) is 12.0 Å². The van der Waals surface area contributed by atoms with Crippen molar-refractivity contribution in [1.29, 1.82) is 0 Å². The van der Waals surface area contributed by atoms with Gasteiger partial charge in [-0.2, -0.15) is 0 Å². The van der Waals surface area contributed by atoms with Crippen molar-refractivity contribution in [3.05, 3.63) is 18.2 Å². The zero-order valence-electron chi connectivity index (χ0n) is 12.1. The molecule has 0 aromatic carbocycles. The number of hydrogen-bond donors (Lipinski definition) is 1. The second-order valence-corrected chi connectivity index (χ2v) is 6.57. The Bertz CT molecular complexity index is 377. The maximum Gasteiger partial charge on any atom is 0.0948 e. The molecule has 1 aliphatic rings. The molecule has 0 spiro atoms. The lowest BCUT2D eigenvalue weighted by molar-refractivity contribution is 0.209. The number of imidazole rings is 1. The number of aromatic nitrogens is 2. The first kappa shape index (κ1) is 13.6. The molecule has 2 rings (SSSR count). The van der Waals surface area contributed by atoms with Crippen LogP contribution in [0.15, 0.2) is 12.5 Å². The average molecular weight is 250 g/mol. The SMILES string of the molecule is CN(C)CC(C)(C)Cn1cncc1CNC1CC1. The Morgan fingerprint density at radius 2 is 2.17 bits per heavy atom. The van der Waals surface area contributed by atoms with Gasteiger partial charge in [0.1, 0.15) is 0 Å². The van der Waals surface area contributed by atoms with E-state index in [1.54, 1.807) is 0 Å². The molecule has 18 heavy (non-hydrogen) atoms. The molecule has 0 radical (unpaired) electrons. The summed E-state index contributed by atoms with van der Waals surface area (Å²) in [5, 5.41) is 3.55. The van der Waals surface area contributed by atoms with Gasteiger partial charge < -0.3 is 14.8 Å². The fourth-order valence-corrected chi connectivity index (χ4v) is 2.54. The maximum atomic E-state index is 4.29. The zero-order chi connectivity index (χ0) is 13.2. The Morgan fingerprint density at radius 1 is 1.44 bits per heavy atom. The highest BCUT2D eigenvalue weighted by molar-refractivity contribution is 5.00. The van der Waals surface area contributed by atoms with Gasteiger partial charge in [0.2, 0.25) is 0 Å². The molecule has 1 saturated carbocycles. The highest BCUT2D eigenvalue weighted by Crippen LogP contribution is 2.21. The van der Waals surface area contributed by atoms with Crippen molar-refractivity contribution in [2.24, 2.45) is 5.41 Å². The molecule has 0 unspecified atom stereocenters. The number of rotatable bonds is 7. The minimum atomic E-state index is 0.262. The zero-order valence-corrected chi connectivity index (χ0v) is 12.1. The minimum Gasteiger partial charge on any atom is -0.333 e. The Labute approximate surface area is 110 Å². The Hall–Kier alpha value is -0.870.